The molecule has 182 valence electrons. The molecular weight excluding hydrogens is 452 g/mol. The lowest BCUT2D eigenvalue weighted by atomic mass is 9.89. The third-order valence-corrected chi connectivity index (χ3v) is 5.98. The van der Waals surface area contributed by atoms with E-state index in [0.29, 0.717) is 41.5 Å². The minimum absolute atomic E-state index is 0.0371. The molecule has 1 aliphatic rings. The van der Waals surface area contributed by atoms with Crippen LogP contribution in [0.4, 0.5) is 5.69 Å². The van der Waals surface area contributed by atoms with Gasteiger partial charge in [-0.3, -0.25) is 14.9 Å². The van der Waals surface area contributed by atoms with E-state index in [1.165, 1.54) is 12.1 Å². The molecule has 3 aromatic carbocycles. The number of methoxy groups -OCH3 is 3. The molecule has 0 spiro atoms. The Morgan fingerprint density at radius 2 is 1.60 bits per heavy atom. The number of carbonyl (C=O) groups excluding carboxylic acids is 1. The first-order chi connectivity index (χ1) is 16.9. The molecule has 0 aromatic heterocycles. The van der Waals surface area contributed by atoms with Gasteiger partial charge in [0.1, 0.15) is 17.5 Å². The van der Waals surface area contributed by atoms with E-state index in [0.717, 1.165) is 5.56 Å². The average molecular weight is 479 g/mol. The van der Waals surface area contributed by atoms with Gasteiger partial charge < -0.3 is 23.8 Å². The van der Waals surface area contributed by atoms with Crippen LogP contribution in [0.3, 0.4) is 0 Å². The molecule has 1 aliphatic heterocycles. The van der Waals surface area contributed by atoms with Crippen molar-refractivity contribution in [3.05, 3.63) is 88.0 Å². The molecule has 1 fully saturated rings. The molecule has 0 unspecified atom stereocenters. The Labute approximate surface area is 202 Å². The van der Waals surface area contributed by atoms with E-state index in [-0.39, 0.29) is 11.6 Å². The van der Waals surface area contributed by atoms with Crippen LogP contribution in [0, 0.1) is 10.1 Å². The lowest BCUT2D eigenvalue weighted by molar-refractivity contribution is -0.385. The van der Waals surface area contributed by atoms with E-state index in [4.69, 9.17) is 18.9 Å². The highest BCUT2D eigenvalue weighted by atomic mass is 16.6. The number of hydrogen-bond acceptors (Lipinski definition) is 7. The van der Waals surface area contributed by atoms with E-state index in [2.05, 4.69) is 0 Å². The van der Waals surface area contributed by atoms with Crippen LogP contribution in [0.5, 0.6) is 23.0 Å². The number of carbonyl (C=O) groups is 1. The van der Waals surface area contributed by atoms with Gasteiger partial charge in [-0.1, -0.05) is 18.2 Å². The summed E-state index contributed by atoms with van der Waals surface area (Å²) in [6.07, 6.45) is -0.233. The second-order valence-corrected chi connectivity index (χ2v) is 7.98. The van der Waals surface area contributed by atoms with Gasteiger partial charge >= 0.3 is 0 Å². The molecule has 4 rings (SSSR count). The van der Waals surface area contributed by atoms with Gasteiger partial charge in [-0.15, -0.1) is 0 Å². The number of nitrogens with zero attached hydrogens (tertiary/aromatic N) is 2. The number of hydrogen-bond donors (Lipinski definition) is 0. The molecule has 1 saturated heterocycles. The van der Waals surface area contributed by atoms with Crippen molar-refractivity contribution in [2.45, 2.75) is 18.6 Å². The third kappa shape index (κ3) is 4.98. The number of nitro benzene ring substituents is 1. The first-order valence-electron chi connectivity index (χ1n) is 11.0. The first-order valence-corrected chi connectivity index (χ1v) is 11.0. The van der Waals surface area contributed by atoms with E-state index in [9.17, 15) is 14.9 Å². The molecule has 35 heavy (non-hydrogen) atoms. The summed E-state index contributed by atoms with van der Waals surface area (Å²) in [6, 6.07) is 18.4. The van der Waals surface area contributed by atoms with Crippen molar-refractivity contribution in [2.75, 3.05) is 27.9 Å². The Morgan fingerprint density at radius 3 is 2.26 bits per heavy atom. The van der Waals surface area contributed by atoms with Gasteiger partial charge in [0.05, 0.1) is 26.3 Å². The van der Waals surface area contributed by atoms with Crippen molar-refractivity contribution >= 4 is 11.6 Å². The second-order valence-electron chi connectivity index (χ2n) is 7.98. The van der Waals surface area contributed by atoms with Crippen molar-refractivity contribution < 1.29 is 28.7 Å². The number of β-lactam (4-membered cyclic amide) rings is 1. The number of likely N-dealkylation sites (tertiary alicyclic amines) is 1. The minimum Gasteiger partial charge on any atom is -0.497 e. The van der Waals surface area contributed by atoms with Crippen molar-refractivity contribution in [3.63, 3.8) is 0 Å². The van der Waals surface area contributed by atoms with Gasteiger partial charge in [0, 0.05) is 18.7 Å². The van der Waals surface area contributed by atoms with Gasteiger partial charge in [-0.05, 0) is 53.9 Å². The van der Waals surface area contributed by atoms with Crippen LogP contribution in [0.25, 0.3) is 0 Å². The predicted molar refractivity (Wildman–Crippen MR) is 128 cm³/mol. The van der Waals surface area contributed by atoms with E-state index >= 15 is 0 Å². The zero-order valence-corrected chi connectivity index (χ0v) is 19.7. The van der Waals surface area contributed by atoms with Crippen LogP contribution >= 0.6 is 0 Å². The molecular formula is C26H26N2O7. The number of rotatable bonds is 10. The Hall–Kier alpha value is -4.27. The lowest BCUT2D eigenvalue weighted by Crippen LogP contribution is -2.61. The van der Waals surface area contributed by atoms with Crippen molar-refractivity contribution in [3.8, 4) is 23.0 Å². The summed E-state index contributed by atoms with van der Waals surface area (Å²) in [7, 11) is 4.71. The summed E-state index contributed by atoms with van der Waals surface area (Å²) in [4.78, 5) is 25.7. The van der Waals surface area contributed by atoms with Crippen LogP contribution in [-0.4, -0.2) is 49.7 Å². The summed E-state index contributed by atoms with van der Waals surface area (Å²) in [5.74, 6) is 2.23. The highest BCUT2D eigenvalue weighted by molar-refractivity contribution is 5.89. The Balaban J connectivity index is 1.57. The smallest absolute Gasteiger partial charge is 0.269 e. The molecule has 9 nitrogen and oxygen atoms in total. The van der Waals surface area contributed by atoms with Crippen molar-refractivity contribution in [1.29, 1.82) is 0 Å². The standard InChI is InChI=1S/C26H26N2O7/c1-32-20-8-10-21(11-9-20)35-25-24(18-5-4-6-19(16-18)28(30)31)27(26(25)29)14-13-17-7-12-22(33-2)23(15-17)34-3/h4-12,15-16,24-25H,13-14H2,1-3H3/t24-,25-/m1/s1. The van der Waals surface area contributed by atoms with E-state index in [1.807, 2.05) is 18.2 Å². The molecule has 0 saturated carbocycles. The van der Waals surface area contributed by atoms with E-state index < -0.39 is 17.1 Å². The van der Waals surface area contributed by atoms with Gasteiger partial charge in [-0.25, -0.2) is 0 Å². The molecule has 0 bridgehead atoms. The Morgan fingerprint density at radius 1 is 0.886 bits per heavy atom. The monoisotopic (exact) mass is 478 g/mol. The zero-order chi connectivity index (χ0) is 24.9. The number of non-ortho nitro benzene ring substituents is 1. The Bertz CT molecular complexity index is 1210. The minimum atomic E-state index is -0.796. The van der Waals surface area contributed by atoms with Crippen LogP contribution in [0.2, 0.25) is 0 Å². The van der Waals surface area contributed by atoms with Crippen LogP contribution in [-0.2, 0) is 11.2 Å². The lowest BCUT2D eigenvalue weighted by Gasteiger charge is -2.46. The fourth-order valence-corrected chi connectivity index (χ4v) is 4.14. The van der Waals surface area contributed by atoms with Gasteiger partial charge in [0.25, 0.3) is 11.6 Å². The molecule has 0 radical (unpaired) electrons. The quantitative estimate of drug-likeness (QED) is 0.245. The van der Waals surface area contributed by atoms with Crippen LogP contribution in [0.15, 0.2) is 66.7 Å². The maximum Gasteiger partial charge on any atom is 0.269 e. The number of benzene rings is 3. The summed E-state index contributed by atoms with van der Waals surface area (Å²) in [6.45, 7) is 0.407. The summed E-state index contributed by atoms with van der Waals surface area (Å²) < 4.78 is 21.9. The zero-order valence-electron chi connectivity index (χ0n) is 19.7. The number of amides is 1. The summed E-state index contributed by atoms with van der Waals surface area (Å²) in [5, 5.41) is 11.3. The Kier molecular flexibility index (Phi) is 7.05. The molecule has 0 N–H and O–H groups in total. The average Bonchev–Trinajstić information content (AvgIpc) is 2.89. The molecule has 1 amide bonds. The van der Waals surface area contributed by atoms with Crippen molar-refractivity contribution in [1.82, 2.24) is 4.90 Å². The fraction of sp³-hybridized carbons (Fsp3) is 0.269. The maximum absolute atomic E-state index is 13.1. The van der Waals surface area contributed by atoms with Crippen LogP contribution in [0.1, 0.15) is 17.2 Å². The van der Waals surface area contributed by atoms with Gasteiger partial charge in [-0.2, -0.15) is 0 Å². The molecule has 9 heteroatoms. The normalized spacial score (nSPS) is 16.9. The molecule has 3 aromatic rings. The predicted octanol–water partition coefficient (Wildman–Crippen LogP) is 4.19. The second kappa shape index (κ2) is 10.3. The van der Waals surface area contributed by atoms with Gasteiger partial charge in [0.15, 0.2) is 11.5 Å². The first kappa shape index (κ1) is 23.9. The fourth-order valence-electron chi connectivity index (χ4n) is 4.14. The maximum atomic E-state index is 13.1. The molecule has 1 heterocycles. The summed E-state index contributed by atoms with van der Waals surface area (Å²) in [5.41, 5.74) is 1.57. The third-order valence-electron chi connectivity index (χ3n) is 5.98. The molecule has 2 atom stereocenters. The number of ether oxygens (including phenoxy) is 4. The van der Waals surface area contributed by atoms with Crippen molar-refractivity contribution in [2.24, 2.45) is 0 Å². The van der Waals surface area contributed by atoms with Crippen LogP contribution < -0.4 is 18.9 Å². The topological polar surface area (TPSA) is 100 Å². The highest BCUT2D eigenvalue weighted by Crippen LogP contribution is 2.39. The van der Waals surface area contributed by atoms with E-state index in [1.54, 1.807) is 62.6 Å². The highest BCUT2D eigenvalue weighted by Gasteiger charge is 2.50. The largest absolute Gasteiger partial charge is 0.497 e. The molecule has 0 aliphatic carbocycles. The SMILES string of the molecule is COc1ccc(O[C@H]2C(=O)N(CCc3ccc(OC)c(OC)c3)[C@@H]2c2cccc([N+](=O)[O-])c2)cc1. The summed E-state index contributed by atoms with van der Waals surface area (Å²) >= 11 is 0. The van der Waals surface area contributed by atoms with Gasteiger partial charge in [0.2, 0.25) is 6.10 Å². The number of nitro groups is 1.